The standard InChI is InChI=1S/C17H22N2O2.C12H20N2O5/c1-21-13-9-10-14-16(11-13)19-17(20)15(18-14)6-4-2-3-5-12-7-8-12;1-12(2,3)8(13-11(18)19)9(15)14-6-4-5-7(14)10(16)17/h9-12H,2-8H2,1H3,(H,19,20);7-8,13H,4-6H2,1-3H3,(H,16,17)(H,18,19). The van der Waals surface area contributed by atoms with Crippen LogP contribution in [-0.4, -0.2) is 68.8 Å². The zero-order valence-corrected chi connectivity index (χ0v) is 23.9. The third-order valence-electron chi connectivity index (χ3n) is 7.39. The number of H-pyrrole nitrogens is 1. The van der Waals surface area contributed by atoms with E-state index in [0.717, 1.165) is 35.5 Å². The molecule has 2 heterocycles. The number of nitrogens with zero attached hydrogens (tertiary/aromatic N) is 2. The number of carboxylic acid groups (broad SMARTS) is 2. The van der Waals surface area contributed by atoms with Crippen LogP contribution in [0.15, 0.2) is 23.0 Å². The molecule has 0 spiro atoms. The van der Waals surface area contributed by atoms with Crippen LogP contribution in [0, 0.1) is 11.3 Å². The van der Waals surface area contributed by atoms with Gasteiger partial charge in [0.2, 0.25) is 5.91 Å². The number of likely N-dealkylation sites (tertiary alicyclic amines) is 1. The maximum Gasteiger partial charge on any atom is 0.405 e. The van der Waals surface area contributed by atoms with Crippen molar-refractivity contribution in [1.82, 2.24) is 20.2 Å². The topological polar surface area (TPSA) is 162 Å². The number of methoxy groups -OCH3 is 1. The van der Waals surface area contributed by atoms with Crippen molar-refractivity contribution in [2.75, 3.05) is 13.7 Å². The smallest absolute Gasteiger partial charge is 0.405 e. The van der Waals surface area contributed by atoms with E-state index in [0.29, 0.717) is 25.1 Å². The molecule has 4 rings (SSSR count). The lowest BCUT2D eigenvalue weighted by Crippen LogP contribution is -2.56. The molecular formula is C29H42N4O7. The first-order valence-electron chi connectivity index (χ1n) is 14.0. The van der Waals surface area contributed by atoms with E-state index < -0.39 is 35.5 Å². The second-order valence-corrected chi connectivity index (χ2v) is 11.7. The van der Waals surface area contributed by atoms with Crippen LogP contribution in [-0.2, 0) is 16.0 Å². The monoisotopic (exact) mass is 558 g/mol. The molecule has 2 fully saturated rings. The average molecular weight is 559 g/mol. The van der Waals surface area contributed by atoms with Gasteiger partial charge in [-0.15, -0.1) is 0 Å². The van der Waals surface area contributed by atoms with Crippen molar-refractivity contribution in [3.05, 3.63) is 34.2 Å². The molecule has 1 aromatic heterocycles. The maximum absolute atomic E-state index is 12.4. The quantitative estimate of drug-likeness (QED) is 0.316. The summed E-state index contributed by atoms with van der Waals surface area (Å²) >= 11 is 0. The molecule has 11 heteroatoms. The fraction of sp³-hybridized carbons (Fsp3) is 0.621. The molecule has 2 aliphatic rings. The summed E-state index contributed by atoms with van der Waals surface area (Å²) in [7, 11) is 1.61. The first-order valence-corrected chi connectivity index (χ1v) is 14.0. The van der Waals surface area contributed by atoms with Crippen LogP contribution in [0.4, 0.5) is 4.79 Å². The molecule has 0 radical (unpaired) electrons. The Hall–Kier alpha value is -3.63. The van der Waals surface area contributed by atoms with Crippen LogP contribution in [0.3, 0.4) is 0 Å². The summed E-state index contributed by atoms with van der Waals surface area (Å²) in [6.07, 6.45) is 8.24. The van der Waals surface area contributed by atoms with Crippen molar-refractivity contribution in [2.45, 2.75) is 90.6 Å². The molecule has 2 atom stereocenters. The largest absolute Gasteiger partial charge is 0.497 e. The molecule has 1 aromatic carbocycles. The van der Waals surface area contributed by atoms with Gasteiger partial charge in [-0.2, -0.15) is 0 Å². The van der Waals surface area contributed by atoms with Gasteiger partial charge in [0, 0.05) is 12.6 Å². The highest BCUT2D eigenvalue weighted by molar-refractivity contribution is 5.90. The molecule has 2 amide bonds. The number of rotatable bonds is 10. The van der Waals surface area contributed by atoms with Gasteiger partial charge in [-0.1, -0.05) is 52.9 Å². The van der Waals surface area contributed by atoms with Gasteiger partial charge in [0.1, 0.15) is 23.5 Å². The van der Waals surface area contributed by atoms with Crippen molar-refractivity contribution >= 4 is 29.0 Å². The Balaban J connectivity index is 0.000000222. The minimum Gasteiger partial charge on any atom is -0.497 e. The summed E-state index contributed by atoms with van der Waals surface area (Å²) < 4.78 is 5.16. The van der Waals surface area contributed by atoms with Crippen LogP contribution >= 0.6 is 0 Å². The van der Waals surface area contributed by atoms with Gasteiger partial charge in [-0.05, 0) is 49.1 Å². The van der Waals surface area contributed by atoms with Gasteiger partial charge in [-0.3, -0.25) is 9.59 Å². The molecule has 1 aliphatic heterocycles. The molecule has 0 bridgehead atoms. The first-order chi connectivity index (χ1) is 18.9. The summed E-state index contributed by atoms with van der Waals surface area (Å²) in [5.74, 6) is 0.212. The van der Waals surface area contributed by atoms with E-state index in [1.165, 1.54) is 37.0 Å². The zero-order chi connectivity index (χ0) is 29.4. The number of ether oxygens (including phenoxy) is 1. The molecule has 2 aromatic rings. The van der Waals surface area contributed by atoms with Crippen LogP contribution in [0.5, 0.6) is 5.75 Å². The van der Waals surface area contributed by atoms with E-state index in [1.54, 1.807) is 27.9 Å². The Bertz CT molecular complexity index is 1250. The third kappa shape index (κ3) is 8.69. The fourth-order valence-corrected chi connectivity index (χ4v) is 4.93. The number of benzene rings is 1. The summed E-state index contributed by atoms with van der Waals surface area (Å²) in [5, 5.41) is 20.1. The molecule has 40 heavy (non-hydrogen) atoms. The number of aromatic amines is 1. The maximum atomic E-state index is 12.4. The minimum absolute atomic E-state index is 0.0713. The van der Waals surface area contributed by atoms with Gasteiger partial charge >= 0.3 is 12.1 Å². The Morgan fingerprint density at radius 1 is 1.15 bits per heavy atom. The van der Waals surface area contributed by atoms with Gasteiger partial charge in [0.05, 0.1) is 18.1 Å². The summed E-state index contributed by atoms with van der Waals surface area (Å²) in [6.45, 7) is 5.55. The van der Waals surface area contributed by atoms with Gasteiger partial charge in [-0.25, -0.2) is 14.6 Å². The number of aryl methyl sites for hydroxylation is 1. The van der Waals surface area contributed by atoms with Crippen LogP contribution in [0.2, 0.25) is 0 Å². The van der Waals surface area contributed by atoms with Gasteiger partial charge in [0.15, 0.2) is 0 Å². The summed E-state index contributed by atoms with van der Waals surface area (Å²) in [6, 6.07) is 3.76. The molecule has 1 saturated carbocycles. The predicted octanol–water partition coefficient (Wildman–Crippen LogP) is 4.19. The first kappa shape index (κ1) is 30.9. The van der Waals surface area contributed by atoms with Gasteiger partial charge in [0.25, 0.3) is 5.56 Å². The predicted molar refractivity (Wildman–Crippen MR) is 151 cm³/mol. The van der Waals surface area contributed by atoms with E-state index in [4.69, 9.17) is 14.9 Å². The summed E-state index contributed by atoms with van der Waals surface area (Å²) in [5.41, 5.74) is 1.51. The number of unbranched alkanes of at least 4 members (excludes halogenated alkanes) is 2. The number of carbonyl (C=O) groups is 3. The number of carboxylic acids is 1. The van der Waals surface area contributed by atoms with Crippen molar-refractivity contribution < 1.29 is 29.3 Å². The normalized spacial score (nSPS) is 17.6. The summed E-state index contributed by atoms with van der Waals surface area (Å²) in [4.78, 5) is 55.0. The van der Waals surface area contributed by atoms with E-state index in [2.05, 4.69) is 15.3 Å². The molecule has 11 nitrogen and oxygen atoms in total. The third-order valence-corrected chi connectivity index (χ3v) is 7.39. The minimum atomic E-state index is -1.29. The number of nitrogens with one attached hydrogen (secondary N) is 2. The SMILES string of the molecule is CC(C)(C)C(NC(=O)O)C(=O)N1CCCC1C(=O)O.COc1ccc2nc(CCCCCC3CC3)c(=O)[nH]c2c1. The lowest BCUT2D eigenvalue weighted by molar-refractivity contribution is -0.150. The van der Waals surface area contributed by atoms with E-state index >= 15 is 0 Å². The Kier molecular flexibility index (Phi) is 10.5. The lowest BCUT2D eigenvalue weighted by atomic mass is 9.85. The number of hydrogen-bond acceptors (Lipinski definition) is 6. The van der Waals surface area contributed by atoms with Crippen molar-refractivity contribution in [3.63, 3.8) is 0 Å². The molecule has 1 saturated heterocycles. The van der Waals surface area contributed by atoms with Crippen LogP contribution < -0.4 is 15.6 Å². The van der Waals surface area contributed by atoms with E-state index in [1.807, 2.05) is 18.2 Å². The molecule has 4 N–H and O–H groups in total. The average Bonchev–Trinajstić information content (AvgIpc) is 3.58. The Labute approximate surface area is 234 Å². The molecule has 220 valence electrons. The lowest BCUT2D eigenvalue weighted by Gasteiger charge is -2.34. The number of aromatic nitrogens is 2. The highest BCUT2D eigenvalue weighted by Crippen LogP contribution is 2.34. The van der Waals surface area contributed by atoms with Crippen molar-refractivity contribution in [1.29, 1.82) is 0 Å². The number of amides is 2. The van der Waals surface area contributed by atoms with Crippen molar-refractivity contribution in [3.8, 4) is 5.75 Å². The number of carbonyl (C=O) groups excluding carboxylic acids is 1. The highest BCUT2D eigenvalue weighted by atomic mass is 16.5. The molecular weight excluding hydrogens is 516 g/mol. The number of aliphatic carboxylic acids is 1. The van der Waals surface area contributed by atoms with Crippen molar-refractivity contribution in [2.24, 2.45) is 11.3 Å². The second-order valence-electron chi connectivity index (χ2n) is 11.7. The van der Waals surface area contributed by atoms with Crippen LogP contribution in [0.1, 0.15) is 77.8 Å². The zero-order valence-electron chi connectivity index (χ0n) is 23.9. The number of hydrogen-bond donors (Lipinski definition) is 4. The fourth-order valence-electron chi connectivity index (χ4n) is 4.93. The highest BCUT2D eigenvalue weighted by Gasteiger charge is 2.41. The number of fused-ring (bicyclic) bond motifs is 1. The second kappa shape index (κ2) is 13.6. The molecule has 1 aliphatic carbocycles. The van der Waals surface area contributed by atoms with E-state index in [9.17, 15) is 19.2 Å². The van der Waals surface area contributed by atoms with E-state index in [-0.39, 0.29) is 5.56 Å². The Morgan fingerprint density at radius 2 is 1.88 bits per heavy atom. The Morgan fingerprint density at radius 3 is 2.48 bits per heavy atom. The molecule has 2 unspecified atom stereocenters. The van der Waals surface area contributed by atoms with Gasteiger partial charge < -0.3 is 30.2 Å². The van der Waals surface area contributed by atoms with Crippen LogP contribution in [0.25, 0.3) is 11.0 Å².